The van der Waals surface area contributed by atoms with Crippen LogP contribution in [0.25, 0.3) is 17.2 Å². The number of rotatable bonds is 15. The van der Waals surface area contributed by atoms with Gasteiger partial charge in [-0.2, -0.15) is 5.10 Å². The van der Waals surface area contributed by atoms with Crippen LogP contribution in [0.1, 0.15) is 61.5 Å². The largest absolute Gasteiger partial charge is 0.360 e. The Morgan fingerprint density at radius 3 is 2.45 bits per heavy atom. The minimum atomic E-state index is -0.469. The number of carbonyl (C=O) groups is 2. The topological polar surface area (TPSA) is 95.8 Å². The van der Waals surface area contributed by atoms with E-state index in [1.807, 2.05) is 66.4 Å². The van der Waals surface area contributed by atoms with Crippen molar-refractivity contribution in [2.24, 2.45) is 10.1 Å². The van der Waals surface area contributed by atoms with E-state index >= 15 is 0 Å². The molecule has 0 aromatic heterocycles. The first kappa shape index (κ1) is 33.1. The molecular weight excluding hydrogens is 549 g/mol. The normalized spacial score (nSPS) is 13.6. The molecule has 1 unspecified atom stereocenters. The third-order valence-corrected chi connectivity index (χ3v) is 8.30. The first-order valence-electron chi connectivity index (χ1n) is 14.5. The maximum atomic E-state index is 13.5. The van der Waals surface area contributed by atoms with Gasteiger partial charge in [0.05, 0.1) is 19.0 Å². The summed E-state index contributed by atoms with van der Waals surface area (Å²) < 4.78 is 5.67. The number of amides is 1. The number of aldehydes is 1. The van der Waals surface area contributed by atoms with Gasteiger partial charge in [-0.15, -0.1) is 0 Å². The average Bonchev–Trinajstić information content (AvgIpc) is 3.17. The number of hydroxylamine groups is 1. The second-order valence-electron chi connectivity index (χ2n) is 10.1. The molecule has 0 aliphatic carbocycles. The Hall–Kier alpha value is -3.39. The fourth-order valence-corrected chi connectivity index (χ4v) is 5.82. The molecule has 10 heteroatoms. The molecule has 2 aromatic carbocycles. The highest BCUT2D eigenvalue weighted by molar-refractivity contribution is 7.51. The van der Waals surface area contributed by atoms with Crippen LogP contribution in [0.15, 0.2) is 52.1 Å². The van der Waals surface area contributed by atoms with E-state index in [1.54, 1.807) is 6.21 Å². The zero-order valence-corrected chi connectivity index (χ0v) is 26.6. The van der Waals surface area contributed by atoms with Gasteiger partial charge in [-0.25, -0.2) is 4.99 Å². The van der Waals surface area contributed by atoms with Crippen molar-refractivity contribution >= 4 is 44.2 Å². The van der Waals surface area contributed by atoms with Crippen LogP contribution in [-0.4, -0.2) is 87.4 Å². The maximum Gasteiger partial charge on any atom is 0.250 e. The van der Waals surface area contributed by atoms with E-state index in [0.29, 0.717) is 36.5 Å². The molecule has 226 valence electrons. The highest BCUT2D eigenvalue weighted by atomic mass is 31.1. The summed E-state index contributed by atoms with van der Waals surface area (Å²) in [5.74, 6) is 0.584. The van der Waals surface area contributed by atoms with Gasteiger partial charge in [-0.05, 0) is 55.8 Å². The number of benzene rings is 2. The Morgan fingerprint density at radius 2 is 1.79 bits per heavy atom. The Kier molecular flexibility index (Phi) is 13.3. The number of fused-ring (bicyclic) bond motifs is 1. The Bertz CT molecular complexity index is 1300. The third kappa shape index (κ3) is 9.31. The SMILES string of the molecule is CCCN(CCC)C(=O)C1=Cc2ccc(-c3ccc(C=O)c(/C=N\N(C)CCP(C)OCC)c3)cc2N=C(NOC)C1. The van der Waals surface area contributed by atoms with Crippen LogP contribution in [0.2, 0.25) is 0 Å². The molecule has 0 spiro atoms. The number of nitrogens with zero attached hydrogens (tertiary/aromatic N) is 4. The lowest BCUT2D eigenvalue weighted by Crippen LogP contribution is -2.35. The molecule has 1 atom stereocenters. The first-order valence-corrected chi connectivity index (χ1v) is 16.4. The van der Waals surface area contributed by atoms with Crippen LogP contribution < -0.4 is 5.48 Å². The molecule has 0 saturated carbocycles. The van der Waals surface area contributed by atoms with E-state index in [-0.39, 0.29) is 5.91 Å². The van der Waals surface area contributed by atoms with Crippen LogP contribution in [0.3, 0.4) is 0 Å². The van der Waals surface area contributed by atoms with Crippen LogP contribution in [-0.2, 0) is 14.2 Å². The van der Waals surface area contributed by atoms with E-state index in [2.05, 4.69) is 31.1 Å². The molecule has 1 aliphatic heterocycles. The highest BCUT2D eigenvalue weighted by Gasteiger charge is 2.22. The standard InChI is InChI=1S/C32H44N5O4P/c1-7-14-37(15-8-2)32(39)28-19-26-12-10-25(20-30(26)34-31(21-28)35-40-5)24-11-13-27(23-38)29(18-24)22-33-36(4)16-17-42(6)41-9-3/h10-13,18-20,22-23H,7-9,14-17,21H2,1-6H3,(H,34,35)/b33-22-. The van der Waals surface area contributed by atoms with E-state index in [1.165, 1.54) is 7.11 Å². The molecular formula is C32H44N5O4P. The van der Waals surface area contributed by atoms with E-state index in [9.17, 15) is 9.59 Å². The number of hydrogen-bond donors (Lipinski definition) is 1. The predicted molar refractivity (Wildman–Crippen MR) is 174 cm³/mol. The van der Waals surface area contributed by atoms with Crippen LogP contribution in [0, 0.1) is 0 Å². The number of aliphatic imine (C=N–C) groups is 1. The number of nitrogens with one attached hydrogen (secondary N) is 1. The van der Waals surface area contributed by atoms with Crippen LogP contribution in [0.4, 0.5) is 5.69 Å². The third-order valence-electron chi connectivity index (χ3n) is 6.77. The molecule has 0 bridgehead atoms. The van der Waals surface area contributed by atoms with Gasteiger partial charge >= 0.3 is 0 Å². The monoisotopic (exact) mass is 593 g/mol. The van der Waals surface area contributed by atoms with Crippen LogP contribution in [0.5, 0.6) is 0 Å². The molecule has 1 amide bonds. The fraction of sp³-hybridized carbons (Fsp3) is 0.438. The second kappa shape index (κ2) is 16.9. The number of amidine groups is 1. The van der Waals surface area contributed by atoms with Crippen molar-refractivity contribution in [1.82, 2.24) is 15.4 Å². The summed E-state index contributed by atoms with van der Waals surface area (Å²) in [4.78, 5) is 37.2. The van der Waals surface area contributed by atoms with E-state index in [4.69, 9.17) is 14.4 Å². The van der Waals surface area contributed by atoms with Gasteiger partial charge in [0.15, 0.2) is 6.29 Å². The summed E-state index contributed by atoms with van der Waals surface area (Å²) in [6.45, 7) is 11.2. The second-order valence-corrected chi connectivity index (χ2v) is 12.1. The van der Waals surface area contributed by atoms with Crippen molar-refractivity contribution in [2.75, 3.05) is 53.2 Å². The summed E-state index contributed by atoms with van der Waals surface area (Å²) in [6, 6.07) is 11.7. The van der Waals surface area contributed by atoms with Gasteiger partial charge < -0.3 is 9.42 Å². The average molecular weight is 594 g/mol. The molecule has 1 N–H and O–H groups in total. The predicted octanol–water partition coefficient (Wildman–Crippen LogP) is 6.11. The molecule has 42 heavy (non-hydrogen) atoms. The van der Waals surface area contributed by atoms with Gasteiger partial charge in [-0.1, -0.05) is 38.1 Å². The molecule has 0 saturated heterocycles. The van der Waals surface area contributed by atoms with Crippen molar-refractivity contribution < 1.29 is 19.0 Å². The minimum absolute atomic E-state index is 0.0213. The van der Waals surface area contributed by atoms with Crippen molar-refractivity contribution in [3.8, 4) is 11.1 Å². The maximum absolute atomic E-state index is 13.5. The zero-order valence-electron chi connectivity index (χ0n) is 25.7. The fourth-order valence-electron chi connectivity index (χ4n) is 4.68. The number of carbonyl (C=O) groups excluding carboxylic acids is 2. The number of hydrazone groups is 1. The van der Waals surface area contributed by atoms with Gasteiger partial charge in [0.1, 0.15) is 5.84 Å². The lowest BCUT2D eigenvalue weighted by atomic mass is 9.97. The van der Waals surface area contributed by atoms with Gasteiger partial charge in [0, 0.05) is 76.3 Å². The zero-order chi connectivity index (χ0) is 30.5. The van der Waals surface area contributed by atoms with Crippen molar-refractivity contribution in [3.05, 3.63) is 58.7 Å². The van der Waals surface area contributed by atoms with E-state index in [0.717, 1.165) is 66.4 Å². The van der Waals surface area contributed by atoms with Crippen molar-refractivity contribution in [1.29, 1.82) is 0 Å². The summed E-state index contributed by atoms with van der Waals surface area (Å²) in [5, 5.41) is 6.43. The van der Waals surface area contributed by atoms with E-state index < -0.39 is 8.15 Å². The highest BCUT2D eigenvalue weighted by Crippen LogP contribution is 2.33. The summed E-state index contributed by atoms with van der Waals surface area (Å²) in [6.07, 6.45) is 7.57. The Balaban J connectivity index is 1.93. The summed E-state index contributed by atoms with van der Waals surface area (Å²) in [5.41, 5.74) is 8.28. The van der Waals surface area contributed by atoms with Gasteiger partial charge in [-0.3, -0.25) is 24.9 Å². The lowest BCUT2D eigenvalue weighted by Gasteiger charge is -2.23. The van der Waals surface area contributed by atoms with Crippen LogP contribution >= 0.6 is 8.15 Å². The molecule has 0 fully saturated rings. The summed E-state index contributed by atoms with van der Waals surface area (Å²) >= 11 is 0. The van der Waals surface area contributed by atoms with Crippen molar-refractivity contribution in [2.45, 2.75) is 40.0 Å². The molecule has 1 aliphatic rings. The van der Waals surface area contributed by atoms with Gasteiger partial charge in [0.25, 0.3) is 0 Å². The Labute approximate surface area is 251 Å². The molecule has 3 rings (SSSR count). The number of hydrogen-bond acceptors (Lipinski definition) is 8. The molecule has 9 nitrogen and oxygen atoms in total. The van der Waals surface area contributed by atoms with Gasteiger partial charge in [0.2, 0.25) is 5.91 Å². The molecule has 0 radical (unpaired) electrons. The Morgan fingerprint density at radius 1 is 1.07 bits per heavy atom. The first-order chi connectivity index (χ1) is 20.3. The minimum Gasteiger partial charge on any atom is -0.360 e. The quantitative estimate of drug-likeness (QED) is 0.116. The lowest BCUT2D eigenvalue weighted by molar-refractivity contribution is -0.127. The smallest absolute Gasteiger partial charge is 0.250 e. The molecule has 1 heterocycles. The molecule has 2 aromatic rings. The van der Waals surface area contributed by atoms with Crippen molar-refractivity contribution in [3.63, 3.8) is 0 Å². The summed E-state index contributed by atoms with van der Waals surface area (Å²) in [7, 11) is 2.98.